The van der Waals surface area contributed by atoms with Crippen LogP contribution in [0.2, 0.25) is 0 Å². The maximum Gasteiger partial charge on any atom is 0.0311 e. The van der Waals surface area contributed by atoms with Gasteiger partial charge in [-0.05, 0) is 0 Å². The van der Waals surface area contributed by atoms with Crippen molar-refractivity contribution in [3.05, 3.63) is 0 Å². The van der Waals surface area contributed by atoms with Crippen LogP contribution in [0.1, 0.15) is 0 Å². The van der Waals surface area contributed by atoms with E-state index in [1.807, 2.05) is 0 Å². The standard InChI is InChI=1S/Mo.3H2O4S.H2O/c;3*1-5(2,3)4;/h;3*(H2,1,2,3,4);1H2/p-6. The molecule has 0 atom stereocenters. The Morgan fingerprint density at radius 1 is 0.471 bits per heavy atom. The molecule has 110 valence electrons. The molecule has 0 aliphatic carbocycles. The summed E-state index contributed by atoms with van der Waals surface area (Å²) in [6, 6.07) is 0. The van der Waals surface area contributed by atoms with Crippen molar-refractivity contribution in [1.82, 2.24) is 0 Å². The van der Waals surface area contributed by atoms with Crippen LogP contribution in [-0.4, -0.2) is 58.0 Å². The molecule has 0 aromatic heterocycles. The first-order valence-corrected chi connectivity index (χ1v) is 6.00. The van der Waals surface area contributed by atoms with Crippen LogP contribution in [0.15, 0.2) is 0 Å². The Kier molecular flexibility index (Phi) is 20.3. The molecular weight excluding hydrogens is 400 g/mol. The zero-order valence-electron chi connectivity index (χ0n) is 7.03. The molecule has 0 heterocycles. The molecule has 0 rings (SSSR count). The summed E-state index contributed by atoms with van der Waals surface area (Å²) < 4.78 is 102. The molecule has 0 unspecified atom stereocenters. The summed E-state index contributed by atoms with van der Waals surface area (Å²) in [5.74, 6) is 0. The van der Waals surface area contributed by atoms with Crippen LogP contribution in [0, 0.1) is 0 Å². The molecule has 0 aromatic carbocycles. The molecular formula is H2MoO13S3-6. The van der Waals surface area contributed by atoms with Gasteiger partial charge in [-0.25, -0.2) is 0 Å². The third-order valence-corrected chi connectivity index (χ3v) is 0. The van der Waals surface area contributed by atoms with Crippen molar-refractivity contribution < 1.29 is 79.1 Å². The molecule has 0 saturated carbocycles. The van der Waals surface area contributed by atoms with E-state index in [2.05, 4.69) is 0 Å². The molecule has 0 aliphatic heterocycles. The predicted octanol–water partition coefficient (Wildman–Crippen LogP) is -4.84. The van der Waals surface area contributed by atoms with E-state index in [-0.39, 0.29) is 26.5 Å². The minimum atomic E-state index is -5.17. The molecule has 0 aliphatic rings. The SMILES string of the molecule is O.O=S(=O)([O-])[O-].O=S(=O)([O-])[O-].O=S(=O)([O-])[O-].[Mo]. The summed E-state index contributed by atoms with van der Waals surface area (Å²) in [4.78, 5) is 0. The molecule has 0 amide bonds. The van der Waals surface area contributed by atoms with E-state index in [0.29, 0.717) is 0 Å². The van der Waals surface area contributed by atoms with Gasteiger partial charge in [0.05, 0.1) is 0 Å². The van der Waals surface area contributed by atoms with Crippen molar-refractivity contribution in [2.24, 2.45) is 0 Å². The Hall–Kier alpha value is 0.258. The Labute approximate surface area is 110 Å². The molecule has 17 heavy (non-hydrogen) atoms. The second kappa shape index (κ2) is 11.4. The number of hydrogen-bond donors (Lipinski definition) is 0. The quantitative estimate of drug-likeness (QED) is 0.209. The monoisotopic (exact) mass is 404 g/mol. The minimum Gasteiger partial charge on any atom is -0.759 e. The minimum absolute atomic E-state index is 0. The molecule has 0 spiro atoms. The van der Waals surface area contributed by atoms with Gasteiger partial charge in [-0.15, -0.1) is 0 Å². The summed E-state index contributed by atoms with van der Waals surface area (Å²) in [5, 5.41) is 0. The van der Waals surface area contributed by atoms with Gasteiger partial charge in [0, 0.05) is 52.3 Å². The molecule has 0 aromatic rings. The van der Waals surface area contributed by atoms with Crippen molar-refractivity contribution in [2.75, 3.05) is 0 Å². The Bertz CT molecular complexity index is 338. The van der Waals surface area contributed by atoms with E-state index in [9.17, 15) is 0 Å². The normalized spacial score (nSPS) is 10.2. The second-order valence-corrected chi connectivity index (χ2v) is 3.67. The Morgan fingerprint density at radius 3 is 0.471 bits per heavy atom. The van der Waals surface area contributed by atoms with Crippen molar-refractivity contribution >= 4 is 31.2 Å². The zero-order chi connectivity index (χ0) is 13.5. The fourth-order valence-corrected chi connectivity index (χ4v) is 0. The molecule has 0 saturated heterocycles. The fraction of sp³-hybridized carbons (Fsp3) is 0. The van der Waals surface area contributed by atoms with Gasteiger partial charge in [-0.1, -0.05) is 0 Å². The van der Waals surface area contributed by atoms with E-state index in [4.69, 9.17) is 52.6 Å². The topological polar surface area (TPSA) is 272 Å². The fourth-order valence-electron chi connectivity index (χ4n) is 0. The maximum absolute atomic E-state index is 8.52. The summed E-state index contributed by atoms with van der Waals surface area (Å²) in [5.41, 5.74) is 0. The average Bonchev–Trinajstić information content (AvgIpc) is 1.41. The van der Waals surface area contributed by atoms with Gasteiger partial charge in [0.2, 0.25) is 0 Å². The van der Waals surface area contributed by atoms with Crippen LogP contribution < -0.4 is 0 Å². The Balaban J connectivity index is -0.0000000400. The van der Waals surface area contributed by atoms with Crippen molar-refractivity contribution in [3.63, 3.8) is 0 Å². The molecule has 0 radical (unpaired) electrons. The molecule has 17 heteroatoms. The number of rotatable bonds is 0. The average molecular weight is 402 g/mol. The van der Waals surface area contributed by atoms with E-state index in [0.717, 1.165) is 0 Å². The van der Waals surface area contributed by atoms with E-state index in [1.165, 1.54) is 0 Å². The van der Waals surface area contributed by atoms with Crippen molar-refractivity contribution in [1.29, 1.82) is 0 Å². The van der Waals surface area contributed by atoms with Crippen LogP contribution in [0.25, 0.3) is 0 Å². The van der Waals surface area contributed by atoms with E-state index >= 15 is 0 Å². The first-order chi connectivity index (χ1) is 6.00. The van der Waals surface area contributed by atoms with E-state index in [1.54, 1.807) is 0 Å². The molecule has 13 nitrogen and oxygen atoms in total. The van der Waals surface area contributed by atoms with Crippen molar-refractivity contribution in [2.45, 2.75) is 0 Å². The second-order valence-electron chi connectivity index (χ2n) is 1.22. The van der Waals surface area contributed by atoms with Gasteiger partial charge in [-0.3, -0.25) is 25.3 Å². The molecule has 0 bridgehead atoms. The largest absolute Gasteiger partial charge is 0.759 e. The van der Waals surface area contributed by atoms with Crippen LogP contribution in [0.4, 0.5) is 0 Å². The first-order valence-electron chi connectivity index (χ1n) is 2.00. The van der Waals surface area contributed by atoms with Gasteiger partial charge >= 0.3 is 0 Å². The number of hydrogen-bond acceptors (Lipinski definition) is 12. The van der Waals surface area contributed by atoms with Gasteiger partial charge in [-0.2, -0.15) is 0 Å². The zero-order valence-corrected chi connectivity index (χ0v) is 11.5. The van der Waals surface area contributed by atoms with Crippen LogP contribution >= 0.6 is 0 Å². The van der Waals surface area contributed by atoms with Crippen molar-refractivity contribution in [3.8, 4) is 0 Å². The van der Waals surface area contributed by atoms with Crippen LogP contribution in [-0.2, 0) is 52.3 Å². The summed E-state index contributed by atoms with van der Waals surface area (Å²) >= 11 is 0. The van der Waals surface area contributed by atoms with Crippen LogP contribution in [0.5, 0.6) is 0 Å². The van der Waals surface area contributed by atoms with Gasteiger partial charge in [0.25, 0.3) is 0 Å². The first kappa shape index (κ1) is 30.4. The third-order valence-electron chi connectivity index (χ3n) is 0. The van der Waals surface area contributed by atoms with E-state index < -0.39 is 31.2 Å². The third kappa shape index (κ3) is 49500. The summed E-state index contributed by atoms with van der Waals surface area (Å²) in [7, 11) is -15.5. The maximum atomic E-state index is 8.52. The van der Waals surface area contributed by atoms with Crippen LogP contribution in [0.3, 0.4) is 0 Å². The molecule has 2 N–H and O–H groups in total. The predicted molar refractivity (Wildman–Crippen MR) is 35.0 cm³/mol. The molecule has 0 fully saturated rings. The van der Waals surface area contributed by atoms with Gasteiger partial charge in [0.15, 0.2) is 0 Å². The summed E-state index contributed by atoms with van der Waals surface area (Å²) in [6.45, 7) is 0. The summed E-state index contributed by atoms with van der Waals surface area (Å²) in [6.07, 6.45) is 0. The smallest absolute Gasteiger partial charge is 0.0311 e. The van der Waals surface area contributed by atoms with Gasteiger partial charge < -0.3 is 32.8 Å². The Morgan fingerprint density at radius 2 is 0.471 bits per heavy atom. The van der Waals surface area contributed by atoms with Gasteiger partial charge in [0.1, 0.15) is 0 Å².